The van der Waals surface area contributed by atoms with Crippen LogP contribution in [0.2, 0.25) is 0 Å². The lowest BCUT2D eigenvalue weighted by Crippen LogP contribution is -2.63. The number of esters is 5. The smallest absolute Gasteiger partial charge is 0.333 e. The molecule has 1 heterocycles. The summed E-state index contributed by atoms with van der Waals surface area (Å²) in [6, 6.07) is 13.6. The third-order valence-corrected chi connectivity index (χ3v) is 12.5. The Morgan fingerprint density at radius 2 is 0.552 bits per heavy atom. The highest BCUT2D eigenvalue weighted by Gasteiger charge is 2.54. The first-order chi connectivity index (χ1) is 41.7. The number of carbonyl (C=O) groups excluding carboxylic acids is 5. The molecule has 1 unspecified atom stereocenters. The number of phenols is 5. The highest BCUT2D eigenvalue weighted by molar-refractivity contribution is 5.91. The van der Waals surface area contributed by atoms with E-state index < -0.39 is 67.2 Å². The first kappa shape index (κ1) is 65.3. The van der Waals surface area contributed by atoms with E-state index >= 15 is 0 Å². The van der Waals surface area contributed by atoms with Crippen LogP contribution in [0.25, 0.3) is 30.4 Å². The summed E-state index contributed by atoms with van der Waals surface area (Å²) in [5, 5.41) is 52.7. The van der Waals surface area contributed by atoms with Crippen LogP contribution in [0.3, 0.4) is 0 Å². The van der Waals surface area contributed by atoms with Crippen molar-refractivity contribution < 1.29 is 125 Å². The molecule has 1 aliphatic rings. The Balaban J connectivity index is 1.50. The van der Waals surface area contributed by atoms with Crippen molar-refractivity contribution in [3.05, 3.63) is 119 Å². The Morgan fingerprint density at radius 1 is 0.333 bits per heavy atom. The summed E-state index contributed by atoms with van der Waals surface area (Å²) in [6.07, 6.45) is 0.650. The Hall–Kier alpha value is -10.9. The van der Waals surface area contributed by atoms with Crippen LogP contribution < -0.4 is 47.4 Å². The Labute approximate surface area is 497 Å². The highest BCUT2D eigenvalue weighted by atomic mass is 16.7. The molecule has 462 valence electrons. The summed E-state index contributed by atoms with van der Waals surface area (Å²) < 4.78 is 88.2. The largest absolute Gasteiger partial charge is 0.502 e. The standard InChI is InChI=1S/C61H62O26/c1-72-37-21-32(22-38(73-2)53(37)67)11-16-48(62)82-31-47-58(84-49(63)17-12-33-23-39(74-3)54(68)40(24-33)75-4)59(85-50(64)18-13-34-25-41(76-5)55(69)42(26-34)77-6)60(86-51(65)19-14-35-27-43(78-7)56(70)44(28-35)79-8)61(83-47)87-52(66)20-15-36-29-45(80-9)57(71)46(30-36)81-10/h11-30,47,58-61,67-71H,31H2,1-10H3/b16-11+,17-12+,18-13+,19-14+,20-15+/t47-,58-,59+,60-,61?/m1/s1. The molecule has 1 aliphatic heterocycles. The van der Waals surface area contributed by atoms with Crippen LogP contribution in [0.5, 0.6) is 86.2 Å². The van der Waals surface area contributed by atoms with Crippen molar-refractivity contribution >= 4 is 60.2 Å². The van der Waals surface area contributed by atoms with Gasteiger partial charge in [-0.05, 0) is 119 Å². The minimum Gasteiger partial charge on any atom is -0.502 e. The van der Waals surface area contributed by atoms with E-state index in [2.05, 4.69) is 0 Å². The first-order valence-corrected chi connectivity index (χ1v) is 25.6. The summed E-state index contributed by atoms with van der Waals surface area (Å²) in [4.78, 5) is 70.4. The quantitative estimate of drug-likeness (QED) is 0.0218. The normalized spacial score (nSPS) is 16.5. The molecule has 0 saturated carbocycles. The van der Waals surface area contributed by atoms with Crippen LogP contribution in [-0.4, -0.2) is 164 Å². The number of carbonyl (C=O) groups is 5. The maximum atomic E-state index is 14.3. The van der Waals surface area contributed by atoms with Crippen LogP contribution in [0.1, 0.15) is 27.8 Å². The minimum atomic E-state index is -2.15. The number of methoxy groups -OCH3 is 10. The van der Waals surface area contributed by atoms with E-state index in [-0.39, 0.29) is 108 Å². The summed E-state index contributed by atoms with van der Waals surface area (Å²) in [6.45, 7) is -0.890. The summed E-state index contributed by atoms with van der Waals surface area (Å²) in [7, 11) is 12.8. The molecular formula is C61H62O26. The zero-order valence-corrected chi connectivity index (χ0v) is 48.5. The predicted molar refractivity (Wildman–Crippen MR) is 307 cm³/mol. The maximum Gasteiger partial charge on any atom is 0.333 e. The third kappa shape index (κ3) is 16.7. The molecule has 5 aromatic rings. The molecule has 1 saturated heterocycles. The van der Waals surface area contributed by atoms with E-state index in [0.717, 1.165) is 30.4 Å². The van der Waals surface area contributed by atoms with Crippen molar-refractivity contribution in [1.82, 2.24) is 0 Å². The number of hydrogen-bond donors (Lipinski definition) is 5. The number of phenolic OH excluding ortho intramolecular Hbond substituents is 5. The molecule has 0 amide bonds. The minimum absolute atomic E-state index is 0.00262. The summed E-state index contributed by atoms with van der Waals surface area (Å²) in [5.41, 5.74) is 1.23. The number of rotatable bonds is 26. The second-order valence-electron chi connectivity index (χ2n) is 17.9. The van der Waals surface area contributed by atoms with Crippen LogP contribution >= 0.6 is 0 Å². The number of hydrogen-bond acceptors (Lipinski definition) is 26. The first-order valence-electron chi connectivity index (χ1n) is 25.6. The molecule has 1 fully saturated rings. The Kier molecular flexibility index (Phi) is 23.0. The van der Waals surface area contributed by atoms with Crippen molar-refractivity contribution in [3.8, 4) is 86.2 Å². The number of benzene rings is 5. The molecule has 26 heteroatoms. The average Bonchev–Trinajstić information content (AvgIpc) is 1.90. The van der Waals surface area contributed by atoms with Crippen molar-refractivity contribution in [2.24, 2.45) is 0 Å². The van der Waals surface area contributed by atoms with Crippen LogP contribution in [-0.2, 0) is 52.4 Å². The molecule has 0 aromatic heterocycles. The van der Waals surface area contributed by atoms with E-state index in [1.165, 1.54) is 162 Å². The van der Waals surface area contributed by atoms with Gasteiger partial charge in [0.2, 0.25) is 41.1 Å². The monoisotopic (exact) mass is 1210 g/mol. The molecule has 87 heavy (non-hydrogen) atoms. The van der Waals surface area contributed by atoms with Gasteiger partial charge < -0.3 is 101 Å². The Morgan fingerprint density at radius 3 is 0.805 bits per heavy atom. The van der Waals surface area contributed by atoms with Crippen LogP contribution in [0.15, 0.2) is 91.0 Å². The molecule has 26 nitrogen and oxygen atoms in total. The molecule has 0 radical (unpaired) electrons. The van der Waals surface area contributed by atoms with Gasteiger partial charge in [0.05, 0.1) is 71.1 Å². The lowest BCUT2D eigenvalue weighted by Gasteiger charge is -2.43. The lowest BCUT2D eigenvalue weighted by atomic mass is 9.98. The van der Waals surface area contributed by atoms with E-state index in [4.69, 9.17) is 75.8 Å². The van der Waals surface area contributed by atoms with Crippen molar-refractivity contribution in [3.63, 3.8) is 0 Å². The molecule has 0 aliphatic carbocycles. The number of aromatic hydroxyl groups is 5. The van der Waals surface area contributed by atoms with E-state index in [1.54, 1.807) is 0 Å². The molecule has 0 bridgehead atoms. The van der Waals surface area contributed by atoms with E-state index in [9.17, 15) is 49.5 Å². The van der Waals surface area contributed by atoms with Gasteiger partial charge in [0.25, 0.3) is 0 Å². The molecule has 0 spiro atoms. The Bertz CT molecular complexity index is 3340. The van der Waals surface area contributed by atoms with E-state index in [0.29, 0.717) is 5.56 Å². The molecule has 5 atom stereocenters. The zero-order valence-electron chi connectivity index (χ0n) is 48.5. The SMILES string of the molecule is COc1cc(/C=C/C(=O)OC[C@H]2OC(OC(=O)/C=C/c3cc(OC)c(O)c(OC)c3)[C@H](OC(=O)/C=C/c3cc(OC)c(O)c(OC)c3)[C@@H](OC(=O)/C=C/c3cc(OC)c(O)c(OC)c3)[C@@H]2OC(=O)/C=C/c2cc(OC)c(O)c(OC)c2)cc(OC)c1O. The van der Waals surface area contributed by atoms with Crippen molar-refractivity contribution in [2.45, 2.75) is 30.7 Å². The molecule has 5 N–H and O–H groups in total. The molecular weight excluding hydrogens is 1150 g/mol. The van der Waals surface area contributed by atoms with Gasteiger partial charge >= 0.3 is 29.8 Å². The van der Waals surface area contributed by atoms with Gasteiger partial charge in [0.1, 0.15) is 12.7 Å². The van der Waals surface area contributed by atoms with Gasteiger partial charge in [0, 0.05) is 30.4 Å². The van der Waals surface area contributed by atoms with Gasteiger partial charge in [-0.15, -0.1) is 0 Å². The fraction of sp³-hybridized carbons (Fsp3) is 0.262. The van der Waals surface area contributed by atoms with E-state index in [1.807, 2.05) is 0 Å². The zero-order chi connectivity index (χ0) is 63.5. The fourth-order valence-corrected chi connectivity index (χ4v) is 8.27. The van der Waals surface area contributed by atoms with Crippen molar-refractivity contribution in [2.75, 3.05) is 77.7 Å². The highest BCUT2D eigenvalue weighted by Crippen LogP contribution is 2.42. The van der Waals surface area contributed by atoms with Gasteiger partial charge in [-0.25, -0.2) is 24.0 Å². The fourth-order valence-electron chi connectivity index (χ4n) is 8.27. The van der Waals surface area contributed by atoms with Gasteiger partial charge in [0.15, 0.2) is 69.7 Å². The summed E-state index contributed by atoms with van der Waals surface area (Å²) >= 11 is 0. The summed E-state index contributed by atoms with van der Waals surface area (Å²) in [5.74, 6) is -7.92. The third-order valence-electron chi connectivity index (χ3n) is 12.5. The second kappa shape index (κ2) is 30.6. The van der Waals surface area contributed by atoms with Crippen LogP contribution in [0.4, 0.5) is 0 Å². The van der Waals surface area contributed by atoms with Gasteiger partial charge in [-0.1, -0.05) is 0 Å². The predicted octanol–water partition coefficient (Wildman–Crippen LogP) is 6.71. The maximum absolute atomic E-state index is 14.3. The van der Waals surface area contributed by atoms with Gasteiger partial charge in [-0.2, -0.15) is 0 Å². The average molecular weight is 1210 g/mol. The molecule has 5 aromatic carbocycles. The topological polar surface area (TPSA) is 334 Å². The van der Waals surface area contributed by atoms with Gasteiger partial charge in [-0.3, -0.25) is 0 Å². The van der Waals surface area contributed by atoms with Crippen LogP contribution in [0, 0.1) is 0 Å². The second-order valence-corrected chi connectivity index (χ2v) is 17.9. The number of ether oxygens (including phenoxy) is 16. The van der Waals surface area contributed by atoms with Crippen molar-refractivity contribution in [1.29, 1.82) is 0 Å². The lowest BCUT2D eigenvalue weighted by molar-refractivity contribution is -0.298. The molecule has 6 rings (SSSR count).